The lowest BCUT2D eigenvalue weighted by molar-refractivity contribution is -0.385. The van der Waals surface area contributed by atoms with Gasteiger partial charge in [-0.15, -0.1) is 0 Å². The summed E-state index contributed by atoms with van der Waals surface area (Å²) in [7, 11) is -1.19. The van der Waals surface area contributed by atoms with Gasteiger partial charge >= 0.3 is 0 Å². The van der Waals surface area contributed by atoms with Gasteiger partial charge in [-0.3, -0.25) is 14.3 Å². The molecule has 0 aliphatic heterocycles. The van der Waals surface area contributed by atoms with Crippen molar-refractivity contribution in [2.24, 2.45) is 5.73 Å². The molecule has 0 radical (unpaired) electrons. The first kappa shape index (κ1) is 14.7. The van der Waals surface area contributed by atoms with Gasteiger partial charge in [0.25, 0.3) is 5.69 Å². The van der Waals surface area contributed by atoms with Crippen LogP contribution in [-0.2, 0) is 16.6 Å². The Morgan fingerprint density at radius 3 is 2.72 bits per heavy atom. The lowest BCUT2D eigenvalue weighted by Crippen LogP contribution is -2.18. The molecule has 5 nitrogen and oxygen atoms in total. The van der Waals surface area contributed by atoms with Crippen molar-refractivity contribution < 1.29 is 13.5 Å². The monoisotopic (exact) mass is 274 g/mol. The molecule has 1 aromatic carbocycles. The quantitative estimate of drug-likeness (QED) is 0.632. The summed E-state index contributed by atoms with van der Waals surface area (Å²) in [6, 6.07) is 3.20. The molecule has 2 unspecified atom stereocenters. The average Bonchev–Trinajstić information content (AvgIpc) is 2.25. The number of hydrogen-bond donors (Lipinski definition) is 1. The molecule has 100 valence electrons. The average molecular weight is 274 g/mol. The summed E-state index contributed by atoms with van der Waals surface area (Å²) in [6.07, 6.45) is 0.601. The maximum Gasteiger partial charge on any atom is 0.272 e. The Bertz CT molecular complexity index is 466. The molecule has 0 fully saturated rings. The van der Waals surface area contributed by atoms with Crippen LogP contribution in [0.2, 0.25) is 0 Å². The molecule has 0 aliphatic rings. The second kappa shape index (κ2) is 6.55. The highest BCUT2D eigenvalue weighted by molar-refractivity contribution is 7.84. The fraction of sp³-hybridized carbons (Fsp3) is 0.455. The molecule has 0 aliphatic carbocycles. The van der Waals surface area contributed by atoms with Gasteiger partial charge < -0.3 is 5.73 Å². The lowest BCUT2D eigenvalue weighted by Gasteiger charge is -2.05. The molecule has 0 heterocycles. The van der Waals surface area contributed by atoms with Crippen LogP contribution in [0.5, 0.6) is 0 Å². The fourth-order valence-electron chi connectivity index (χ4n) is 1.40. The molecule has 7 heteroatoms. The van der Waals surface area contributed by atoms with Gasteiger partial charge in [0.1, 0.15) is 5.82 Å². The maximum atomic E-state index is 13.1. The number of nitro groups is 1. The van der Waals surface area contributed by atoms with Crippen LogP contribution in [0, 0.1) is 15.9 Å². The van der Waals surface area contributed by atoms with Crippen molar-refractivity contribution in [1.82, 2.24) is 0 Å². The standard InChI is InChI=1S/C11H15FN2O3S/c1-8(13)2-3-18(17)7-9-4-10(12)6-11(5-9)14(15)16/h4-6,8H,2-3,7,13H2,1H3. The van der Waals surface area contributed by atoms with Crippen molar-refractivity contribution in [2.45, 2.75) is 25.1 Å². The van der Waals surface area contributed by atoms with E-state index in [9.17, 15) is 18.7 Å². The zero-order valence-electron chi connectivity index (χ0n) is 9.97. The molecule has 18 heavy (non-hydrogen) atoms. The van der Waals surface area contributed by atoms with Gasteiger partial charge in [0.15, 0.2) is 0 Å². The van der Waals surface area contributed by atoms with Crippen molar-refractivity contribution in [3.8, 4) is 0 Å². The number of nitrogens with two attached hydrogens (primary N) is 1. The zero-order chi connectivity index (χ0) is 13.7. The van der Waals surface area contributed by atoms with Crippen LogP contribution in [-0.4, -0.2) is 20.9 Å². The minimum absolute atomic E-state index is 0.0456. The lowest BCUT2D eigenvalue weighted by atomic mass is 10.2. The van der Waals surface area contributed by atoms with E-state index < -0.39 is 21.5 Å². The van der Waals surface area contributed by atoms with Crippen molar-refractivity contribution >= 4 is 16.5 Å². The van der Waals surface area contributed by atoms with E-state index in [1.54, 1.807) is 0 Å². The molecule has 0 aromatic heterocycles. The molecular weight excluding hydrogens is 259 g/mol. The minimum Gasteiger partial charge on any atom is -0.328 e. The molecule has 0 amide bonds. The number of nitrogens with zero attached hydrogens (tertiary/aromatic N) is 1. The van der Waals surface area contributed by atoms with E-state index in [1.807, 2.05) is 6.92 Å². The highest BCUT2D eigenvalue weighted by Gasteiger charge is 2.12. The molecule has 2 N–H and O–H groups in total. The second-order valence-electron chi connectivity index (χ2n) is 4.13. The smallest absolute Gasteiger partial charge is 0.272 e. The first-order valence-corrected chi connectivity index (χ1v) is 6.91. The second-order valence-corrected chi connectivity index (χ2v) is 5.71. The van der Waals surface area contributed by atoms with E-state index in [0.717, 1.165) is 12.1 Å². The summed E-state index contributed by atoms with van der Waals surface area (Å²) in [4.78, 5) is 9.88. The van der Waals surface area contributed by atoms with Gasteiger partial charge in [0.05, 0.1) is 11.0 Å². The summed E-state index contributed by atoms with van der Waals surface area (Å²) in [5.41, 5.74) is 5.58. The molecule has 1 aromatic rings. The van der Waals surface area contributed by atoms with Gasteiger partial charge in [-0.1, -0.05) is 0 Å². The van der Waals surface area contributed by atoms with E-state index >= 15 is 0 Å². The topological polar surface area (TPSA) is 86.2 Å². The van der Waals surface area contributed by atoms with Gasteiger partial charge in [0.2, 0.25) is 0 Å². The van der Waals surface area contributed by atoms with Gasteiger partial charge in [-0.25, -0.2) is 4.39 Å². The molecule has 1 rings (SSSR count). The Morgan fingerprint density at radius 1 is 1.50 bits per heavy atom. The van der Waals surface area contributed by atoms with Crippen molar-refractivity contribution in [3.05, 3.63) is 39.7 Å². The fourth-order valence-corrected chi connectivity index (χ4v) is 2.71. The summed E-state index contributed by atoms with van der Waals surface area (Å²) in [5.74, 6) is -0.184. The SMILES string of the molecule is CC(N)CCS(=O)Cc1cc(F)cc([N+](=O)[O-])c1. The summed E-state index contributed by atoms with van der Waals surface area (Å²) in [5, 5.41) is 10.6. The van der Waals surface area contributed by atoms with Crippen LogP contribution in [0.4, 0.5) is 10.1 Å². The Kier molecular flexibility index (Phi) is 5.36. The van der Waals surface area contributed by atoms with Crippen LogP contribution in [0.25, 0.3) is 0 Å². The molecular formula is C11H15FN2O3S. The predicted molar refractivity (Wildman–Crippen MR) is 68.0 cm³/mol. The number of benzene rings is 1. The molecule has 2 atom stereocenters. The molecule has 0 saturated heterocycles. The Morgan fingerprint density at radius 2 is 2.17 bits per heavy atom. The van der Waals surface area contributed by atoms with Crippen LogP contribution < -0.4 is 5.73 Å². The van der Waals surface area contributed by atoms with Gasteiger partial charge in [-0.05, 0) is 25.0 Å². The van der Waals surface area contributed by atoms with Gasteiger partial charge in [-0.2, -0.15) is 0 Å². The predicted octanol–water partition coefficient (Wildman–Crippen LogP) is 1.72. The normalized spacial score (nSPS) is 14.2. The van der Waals surface area contributed by atoms with E-state index in [2.05, 4.69) is 0 Å². The maximum absolute atomic E-state index is 13.1. The zero-order valence-corrected chi connectivity index (χ0v) is 10.8. The van der Waals surface area contributed by atoms with Crippen molar-refractivity contribution in [2.75, 3.05) is 5.75 Å². The van der Waals surface area contributed by atoms with Crippen LogP contribution in [0.15, 0.2) is 18.2 Å². The van der Waals surface area contributed by atoms with Crippen LogP contribution in [0.3, 0.4) is 0 Å². The number of rotatable bonds is 6. The van der Waals surface area contributed by atoms with Gasteiger partial charge in [0, 0.05) is 34.4 Å². The third-order valence-corrected chi connectivity index (χ3v) is 3.63. The van der Waals surface area contributed by atoms with E-state index in [1.165, 1.54) is 6.07 Å². The largest absolute Gasteiger partial charge is 0.328 e. The van der Waals surface area contributed by atoms with Crippen molar-refractivity contribution in [1.29, 1.82) is 0 Å². The third-order valence-electron chi connectivity index (χ3n) is 2.28. The minimum atomic E-state index is -1.19. The Balaban J connectivity index is 2.72. The first-order chi connectivity index (χ1) is 8.38. The number of non-ortho nitro benzene ring substituents is 1. The highest BCUT2D eigenvalue weighted by atomic mass is 32.2. The number of halogens is 1. The summed E-state index contributed by atoms with van der Waals surface area (Å²) in [6.45, 7) is 1.81. The van der Waals surface area contributed by atoms with E-state index in [0.29, 0.717) is 17.7 Å². The van der Waals surface area contributed by atoms with Crippen LogP contribution >= 0.6 is 0 Å². The van der Waals surface area contributed by atoms with E-state index in [-0.39, 0.29) is 17.5 Å². The summed E-state index contributed by atoms with van der Waals surface area (Å²) < 4.78 is 24.8. The summed E-state index contributed by atoms with van der Waals surface area (Å²) >= 11 is 0. The third kappa shape index (κ3) is 4.89. The highest BCUT2D eigenvalue weighted by Crippen LogP contribution is 2.17. The number of hydrogen-bond acceptors (Lipinski definition) is 4. The molecule has 0 spiro atoms. The first-order valence-electron chi connectivity index (χ1n) is 5.43. The van der Waals surface area contributed by atoms with E-state index in [4.69, 9.17) is 5.73 Å². The molecule has 0 saturated carbocycles. The number of nitro benzene ring substituents is 1. The van der Waals surface area contributed by atoms with Crippen LogP contribution in [0.1, 0.15) is 18.9 Å². The molecule has 0 bridgehead atoms. The van der Waals surface area contributed by atoms with Crippen molar-refractivity contribution in [3.63, 3.8) is 0 Å². The Labute approximate surface area is 107 Å². The Hall–Kier alpha value is -1.34.